The Hall–Kier alpha value is -2.85. The molecule has 3 saturated heterocycles. The lowest BCUT2D eigenvalue weighted by Crippen LogP contribution is -2.53. The van der Waals surface area contributed by atoms with Gasteiger partial charge < -0.3 is 24.4 Å². The maximum absolute atomic E-state index is 13.2. The van der Waals surface area contributed by atoms with E-state index in [0.717, 1.165) is 17.6 Å². The van der Waals surface area contributed by atoms with Crippen molar-refractivity contribution in [2.45, 2.75) is 60.4 Å². The molecule has 45 heavy (non-hydrogen) atoms. The van der Waals surface area contributed by atoms with Crippen LogP contribution in [0.2, 0.25) is 0 Å². The maximum atomic E-state index is 13.2. The average Bonchev–Trinajstić information content (AvgIpc) is 3.72. The minimum Gasteiger partial charge on any atom is -0.387 e. The number of amides is 2. The number of alkyl halides is 1. The smallest absolute Gasteiger partial charge is 0.387 e. The number of fused-ring (bicyclic) bond motifs is 5. The fraction of sp³-hybridized carbons (Fsp3) is 0.600. The van der Waals surface area contributed by atoms with Crippen molar-refractivity contribution in [2.75, 3.05) is 13.2 Å². The number of aliphatic hydroxyl groups excluding tert-OH is 1. The first kappa shape index (κ1) is 30.8. The summed E-state index contributed by atoms with van der Waals surface area (Å²) in [6.45, 7) is -1.60. The number of nitrogens with one attached hydrogen (secondary N) is 2. The van der Waals surface area contributed by atoms with Crippen LogP contribution in [0.3, 0.4) is 0 Å². The van der Waals surface area contributed by atoms with Gasteiger partial charge in [-0.3, -0.25) is 58.2 Å². The normalized spacial score (nSPS) is 46.1. The molecule has 0 aliphatic carbocycles. The van der Waals surface area contributed by atoms with Crippen molar-refractivity contribution >= 4 is 75.7 Å². The van der Waals surface area contributed by atoms with E-state index in [1.54, 1.807) is 0 Å². The molecule has 0 aromatic carbocycles. The number of ether oxygens (including phenoxy) is 2. The molecule has 2 bridgehead atoms. The van der Waals surface area contributed by atoms with E-state index in [1.165, 1.54) is 11.2 Å². The van der Waals surface area contributed by atoms with Crippen molar-refractivity contribution in [1.29, 1.82) is 5.41 Å². The third-order valence-corrected chi connectivity index (χ3v) is 9.90. The number of carbonyl (C=O) groups is 2. The number of phosphoric acid groups is 2. The van der Waals surface area contributed by atoms with Gasteiger partial charge in [-0.05, 0) is 0 Å². The minimum atomic E-state index is -5.10. The lowest BCUT2D eigenvalue weighted by molar-refractivity contribution is -0.120. The number of guanidine groups is 1. The molecule has 0 saturated carbocycles. The van der Waals surface area contributed by atoms with Crippen LogP contribution in [0, 0.1) is 5.41 Å². The summed E-state index contributed by atoms with van der Waals surface area (Å²) >= 11 is 6.61. The van der Waals surface area contributed by atoms with E-state index in [2.05, 4.69) is 30.3 Å². The number of hydrogen-bond acceptors (Lipinski definition) is 17. The Morgan fingerprint density at radius 2 is 1.56 bits per heavy atom. The van der Waals surface area contributed by atoms with E-state index in [9.17, 15) is 33.6 Å². The van der Waals surface area contributed by atoms with Gasteiger partial charge in [0.1, 0.15) is 48.1 Å². The summed E-state index contributed by atoms with van der Waals surface area (Å²) < 4.78 is 58.9. The quantitative estimate of drug-likeness (QED) is 0.145. The number of aliphatic imine (C=N–C) groups is 5. The summed E-state index contributed by atoms with van der Waals surface area (Å²) in [4.78, 5) is 67.7. The summed E-state index contributed by atoms with van der Waals surface area (Å²) in [5.74, 6) is -1.78. The minimum absolute atomic E-state index is 0.105. The van der Waals surface area contributed by atoms with Crippen LogP contribution in [0.15, 0.2) is 25.0 Å². The maximum Gasteiger partial charge on any atom is 0.472 e. The van der Waals surface area contributed by atoms with Crippen LogP contribution in [0.4, 0.5) is 0 Å². The number of halogens is 1. The number of hydrogen-bond donors (Lipinski definition) is 5. The van der Waals surface area contributed by atoms with Crippen LogP contribution in [-0.2, 0) is 46.3 Å². The fourth-order valence-corrected chi connectivity index (χ4v) is 7.81. The average molecular weight is 694 g/mol. The molecule has 7 aliphatic heterocycles. The molecule has 7 rings (SSSR count). The molecule has 7 heterocycles. The molecule has 25 heteroatoms. The molecule has 242 valence electrons. The zero-order valence-corrected chi connectivity index (χ0v) is 24.8. The van der Waals surface area contributed by atoms with Gasteiger partial charge in [0.15, 0.2) is 30.4 Å². The van der Waals surface area contributed by atoms with E-state index in [4.69, 9.17) is 44.6 Å². The summed E-state index contributed by atoms with van der Waals surface area (Å²) in [5.41, 5.74) is 0. The zero-order valence-electron chi connectivity index (χ0n) is 22.2. The van der Waals surface area contributed by atoms with Crippen LogP contribution in [0.25, 0.3) is 0 Å². The molecule has 0 aromatic heterocycles. The predicted molar refractivity (Wildman–Crippen MR) is 147 cm³/mol. The second-order valence-corrected chi connectivity index (χ2v) is 13.6. The van der Waals surface area contributed by atoms with Gasteiger partial charge in [-0.25, -0.2) is 14.1 Å². The van der Waals surface area contributed by atoms with Gasteiger partial charge in [-0.1, -0.05) is 0 Å². The number of nitrogens with zero attached hydrogens (tertiary/aromatic N) is 7. The largest absolute Gasteiger partial charge is 0.472 e. The van der Waals surface area contributed by atoms with E-state index in [1.807, 2.05) is 0 Å². The fourth-order valence-electron chi connectivity index (χ4n) is 5.44. The van der Waals surface area contributed by atoms with Crippen molar-refractivity contribution in [3.8, 4) is 0 Å². The summed E-state index contributed by atoms with van der Waals surface area (Å²) in [6.07, 6.45) is -7.23. The topological polar surface area (TPSA) is 289 Å². The van der Waals surface area contributed by atoms with Crippen molar-refractivity contribution in [3.05, 3.63) is 0 Å². The molecule has 0 radical (unpaired) electrons. The van der Waals surface area contributed by atoms with Gasteiger partial charge >= 0.3 is 15.6 Å². The standard InChI is InChI=1S/C20H22ClN9O13P2/c21-8-12-7(41-18(8)29-4-25-9-14(29)23-3-24-16(9)32)2-39-45(36,37)43-13-11(31)6(1-38-44(34,35)42-12)40-19(13)30-5-26-10-15(30)27-20(22)28-17(10)33/h3-13,18-19,31H,1-2H2,(H,34,35)(H,36,37)(H2,22,28,33)/t6-,7-,8+,9?,10?,11-,12-,13-,18-,19-/m1/s1. The number of amidine groups is 2. The molecule has 5 N–H and O–H groups in total. The monoisotopic (exact) mass is 693 g/mol. The lowest BCUT2D eigenvalue weighted by Gasteiger charge is -2.31. The van der Waals surface area contributed by atoms with Gasteiger partial charge in [-0.15, -0.1) is 11.6 Å². The molecule has 0 aromatic rings. The third-order valence-electron chi connectivity index (χ3n) is 7.47. The SMILES string of the molecule is N=C1N=C2C(N=CN2[C@@H]2O[C@@H]3COP(=O)(O)O[C@H]4[C@H](Cl)[C@H](N5C=NC6C(=O)N=CN=C65)O[C@@H]4COP(=O)(O)O[C@@H]2[C@@H]3O)C(=O)N1. The molecule has 7 aliphatic rings. The van der Waals surface area contributed by atoms with Crippen molar-refractivity contribution < 1.29 is 61.2 Å². The highest BCUT2D eigenvalue weighted by atomic mass is 35.5. The predicted octanol–water partition coefficient (Wildman–Crippen LogP) is -2.72. The second kappa shape index (κ2) is 11.1. The summed E-state index contributed by atoms with van der Waals surface area (Å²) in [6, 6.07) is -2.24. The Morgan fingerprint density at radius 3 is 2.29 bits per heavy atom. The third kappa shape index (κ3) is 5.49. The van der Waals surface area contributed by atoms with Gasteiger partial charge in [0.05, 0.1) is 25.9 Å². The highest BCUT2D eigenvalue weighted by Gasteiger charge is 2.57. The van der Waals surface area contributed by atoms with E-state index in [0.29, 0.717) is 0 Å². The Balaban J connectivity index is 1.15. The molecular weight excluding hydrogens is 672 g/mol. The highest BCUT2D eigenvalue weighted by Crippen LogP contribution is 2.53. The van der Waals surface area contributed by atoms with Gasteiger partial charge in [0.25, 0.3) is 11.8 Å². The Morgan fingerprint density at radius 1 is 0.933 bits per heavy atom. The highest BCUT2D eigenvalue weighted by molar-refractivity contribution is 7.47. The van der Waals surface area contributed by atoms with Crippen molar-refractivity contribution in [3.63, 3.8) is 0 Å². The molecular formula is C20H22ClN9O13P2. The lowest BCUT2D eigenvalue weighted by atomic mass is 10.1. The molecule has 22 nitrogen and oxygen atoms in total. The van der Waals surface area contributed by atoms with Crippen LogP contribution < -0.4 is 5.32 Å². The first-order valence-electron chi connectivity index (χ1n) is 13.0. The summed E-state index contributed by atoms with van der Waals surface area (Å²) in [7, 11) is -10.1. The van der Waals surface area contributed by atoms with Crippen molar-refractivity contribution in [2.24, 2.45) is 25.0 Å². The summed E-state index contributed by atoms with van der Waals surface area (Å²) in [5, 5.41) is 19.6. The van der Waals surface area contributed by atoms with Gasteiger partial charge in [0, 0.05) is 0 Å². The number of aliphatic hydroxyl groups is 1. The second-order valence-electron chi connectivity index (χ2n) is 10.3. The number of carbonyl (C=O) groups excluding carboxylic acids is 2. The van der Waals surface area contributed by atoms with Crippen LogP contribution in [0.1, 0.15) is 0 Å². The first-order valence-corrected chi connectivity index (χ1v) is 16.4. The van der Waals surface area contributed by atoms with Crippen molar-refractivity contribution in [1.82, 2.24) is 15.1 Å². The van der Waals surface area contributed by atoms with E-state index in [-0.39, 0.29) is 11.7 Å². The van der Waals surface area contributed by atoms with Gasteiger partial charge in [-0.2, -0.15) is 9.98 Å². The Labute approximate surface area is 256 Å². The number of phosphoric ester groups is 2. The van der Waals surface area contributed by atoms with Gasteiger partial charge in [0.2, 0.25) is 5.96 Å². The number of rotatable bonds is 2. The molecule has 0 spiro atoms. The van der Waals surface area contributed by atoms with E-state index < -0.39 is 107 Å². The molecule has 12 atom stereocenters. The van der Waals surface area contributed by atoms with E-state index >= 15 is 0 Å². The zero-order chi connectivity index (χ0) is 31.8. The van der Waals surface area contributed by atoms with Crippen LogP contribution in [0.5, 0.6) is 0 Å². The molecule has 4 unspecified atom stereocenters. The molecule has 3 fully saturated rings. The molecule has 2 amide bonds. The Bertz CT molecular complexity index is 1590. The van der Waals surface area contributed by atoms with Crippen LogP contribution >= 0.6 is 27.2 Å². The Kier molecular flexibility index (Phi) is 7.62. The first-order chi connectivity index (χ1) is 21.3. The van der Waals surface area contributed by atoms with Crippen LogP contribution in [-0.4, -0.2) is 147 Å².